The molecule has 0 aromatic heterocycles. The van der Waals surface area contributed by atoms with Crippen molar-refractivity contribution in [3.05, 3.63) is 23.8 Å². The summed E-state index contributed by atoms with van der Waals surface area (Å²) in [6.45, 7) is 5.36. The van der Waals surface area contributed by atoms with Gasteiger partial charge in [0.2, 0.25) is 0 Å². The molecule has 1 aromatic rings. The van der Waals surface area contributed by atoms with Gasteiger partial charge in [-0.25, -0.2) is 0 Å². The van der Waals surface area contributed by atoms with Gasteiger partial charge in [0.25, 0.3) is 0 Å². The van der Waals surface area contributed by atoms with Crippen LogP contribution in [0.4, 0.5) is 0 Å². The van der Waals surface area contributed by atoms with Crippen LogP contribution in [-0.2, 0) is 20.7 Å². The van der Waals surface area contributed by atoms with E-state index in [1.54, 1.807) is 26.0 Å². The highest BCUT2D eigenvalue weighted by Crippen LogP contribution is 2.36. The number of ether oxygens (including phenoxy) is 4. The van der Waals surface area contributed by atoms with Crippen LogP contribution in [0.5, 0.6) is 11.5 Å². The second-order valence-electron chi connectivity index (χ2n) is 5.08. The first-order valence-electron chi connectivity index (χ1n) is 7.00. The first kappa shape index (κ1) is 15.6. The molecule has 0 amide bonds. The Kier molecular flexibility index (Phi) is 4.69. The highest BCUT2D eigenvalue weighted by atomic mass is 16.9. The van der Waals surface area contributed by atoms with Crippen molar-refractivity contribution in [2.75, 3.05) is 13.2 Å². The number of esters is 1. The van der Waals surface area contributed by atoms with Crippen molar-refractivity contribution in [3.8, 4) is 11.5 Å². The molecule has 6 nitrogen and oxygen atoms in total. The Labute approximate surface area is 124 Å². The Morgan fingerprint density at radius 2 is 2.00 bits per heavy atom. The summed E-state index contributed by atoms with van der Waals surface area (Å²) < 4.78 is 21.2. The van der Waals surface area contributed by atoms with E-state index < -0.39 is 18.0 Å². The fraction of sp³-hybridized carbons (Fsp3) is 0.533. The van der Waals surface area contributed by atoms with E-state index in [-0.39, 0.29) is 0 Å². The normalized spacial score (nSPS) is 19.1. The van der Waals surface area contributed by atoms with Crippen molar-refractivity contribution >= 4 is 5.97 Å². The molecule has 2 atom stereocenters. The Bertz CT molecular complexity index is 515. The van der Waals surface area contributed by atoms with E-state index in [4.69, 9.17) is 24.7 Å². The molecular weight excluding hydrogens is 274 g/mol. The summed E-state index contributed by atoms with van der Waals surface area (Å²) in [5.74, 6) is 0.785. The molecular formula is C15H21NO5. The lowest BCUT2D eigenvalue weighted by Crippen LogP contribution is -2.48. The van der Waals surface area contributed by atoms with E-state index >= 15 is 0 Å². The largest absolute Gasteiger partial charge is 0.465 e. The molecule has 1 aliphatic heterocycles. The molecule has 0 spiro atoms. The first-order chi connectivity index (χ1) is 9.96. The van der Waals surface area contributed by atoms with E-state index in [9.17, 15) is 4.79 Å². The highest BCUT2D eigenvalue weighted by Gasteiger charge is 2.31. The molecule has 0 radical (unpaired) electrons. The fourth-order valence-electron chi connectivity index (χ4n) is 2.08. The lowest BCUT2D eigenvalue weighted by Gasteiger charge is -2.22. The van der Waals surface area contributed by atoms with Gasteiger partial charge in [-0.2, -0.15) is 0 Å². The quantitative estimate of drug-likeness (QED) is 0.803. The van der Waals surface area contributed by atoms with Crippen LogP contribution in [0.2, 0.25) is 0 Å². The summed E-state index contributed by atoms with van der Waals surface area (Å²) in [6, 6.07) is 5.43. The molecule has 1 heterocycles. The maximum absolute atomic E-state index is 11.8. The molecule has 1 aliphatic rings. The molecule has 2 N–H and O–H groups in total. The van der Waals surface area contributed by atoms with Crippen LogP contribution in [0, 0.1) is 0 Å². The van der Waals surface area contributed by atoms with Crippen LogP contribution in [0.1, 0.15) is 26.3 Å². The first-order valence-corrected chi connectivity index (χ1v) is 7.00. The summed E-state index contributed by atoms with van der Waals surface area (Å²) in [7, 11) is 0. The Morgan fingerprint density at radius 3 is 2.67 bits per heavy atom. The van der Waals surface area contributed by atoms with Crippen molar-refractivity contribution in [2.45, 2.75) is 39.2 Å². The molecule has 1 aromatic carbocycles. The Morgan fingerprint density at radius 1 is 1.29 bits per heavy atom. The minimum atomic E-state index is -1.08. The molecule has 2 unspecified atom stereocenters. The second kappa shape index (κ2) is 6.32. The van der Waals surface area contributed by atoms with E-state index in [1.807, 2.05) is 13.0 Å². The van der Waals surface area contributed by atoms with E-state index in [1.165, 1.54) is 0 Å². The highest BCUT2D eigenvalue weighted by molar-refractivity contribution is 5.80. The van der Waals surface area contributed by atoms with Crippen LogP contribution in [0.25, 0.3) is 0 Å². The lowest BCUT2D eigenvalue weighted by molar-refractivity contribution is -0.173. The number of fused-ring (bicyclic) bond motifs is 1. The van der Waals surface area contributed by atoms with Gasteiger partial charge in [-0.15, -0.1) is 0 Å². The van der Waals surface area contributed by atoms with Crippen molar-refractivity contribution in [2.24, 2.45) is 5.73 Å². The molecule has 0 saturated carbocycles. The molecule has 6 heteroatoms. The Hall–Kier alpha value is -1.79. The van der Waals surface area contributed by atoms with Gasteiger partial charge in [0.15, 0.2) is 11.5 Å². The summed E-state index contributed by atoms with van der Waals surface area (Å²) in [5, 5.41) is 0. The zero-order valence-corrected chi connectivity index (χ0v) is 12.5. The number of benzene rings is 1. The van der Waals surface area contributed by atoms with Gasteiger partial charge in [0, 0.05) is 6.42 Å². The van der Waals surface area contributed by atoms with Gasteiger partial charge < -0.3 is 24.7 Å². The molecule has 0 aliphatic carbocycles. The molecule has 116 valence electrons. The molecule has 0 fully saturated rings. The van der Waals surface area contributed by atoms with Gasteiger partial charge in [0.05, 0.1) is 13.2 Å². The summed E-state index contributed by atoms with van der Waals surface area (Å²) in [6.07, 6.45) is 0.349. The number of carbonyl (C=O) groups is 1. The molecule has 0 bridgehead atoms. The van der Waals surface area contributed by atoms with Gasteiger partial charge in [-0.05, 0) is 38.5 Å². The zero-order chi connectivity index (χ0) is 15.5. The summed E-state index contributed by atoms with van der Waals surface area (Å²) >= 11 is 0. The van der Waals surface area contributed by atoms with Crippen LogP contribution < -0.4 is 15.2 Å². The third-order valence-corrected chi connectivity index (χ3v) is 3.07. The summed E-state index contributed by atoms with van der Waals surface area (Å²) in [4.78, 5) is 11.8. The maximum Gasteiger partial charge on any atom is 0.361 e. The maximum atomic E-state index is 11.8. The SMILES string of the molecule is CCOC(=O)C(C)(N)Cc1ccc2c(c1)OC(OCC)O2. The number of nitrogens with two attached hydrogens (primary N) is 1. The average molecular weight is 295 g/mol. The average Bonchev–Trinajstić information content (AvgIpc) is 2.80. The number of hydrogen-bond acceptors (Lipinski definition) is 6. The minimum absolute atomic E-state index is 0.308. The van der Waals surface area contributed by atoms with Crippen LogP contribution >= 0.6 is 0 Å². The lowest BCUT2D eigenvalue weighted by atomic mass is 9.94. The number of hydrogen-bond donors (Lipinski definition) is 1. The number of carbonyl (C=O) groups excluding carboxylic acids is 1. The third kappa shape index (κ3) is 3.65. The Balaban J connectivity index is 2.07. The number of rotatable bonds is 6. The van der Waals surface area contributed by atoms with Gasteiger partial charge >= 0.3 is 12.4 Å². The van der Waals surface area contributed by atoms with Gasteiger partial charge in [-0.1, -0.05) is 6.07 Å². The summed E-state index contributed by atoms with van der Waals surface area (Å²) in [5.41, 5.74) is 5.82. The van der Waals surface area contributed by atoms with E-state index in [0.29, 0.717) is 31.1 Å². The van der Waals surface area contributed by atoms with Gasteiger partial charge in [0.1, 0.15) is 5.54 Å². The van der Waals surface area contributed by atoms with Gasteiger partial charge in [-0.3, -0.25) is 4.79 Å². The molecule has 21 heavy (non-hydrogen) atoms. The third-order valence-electron chi connectivity index (χ3n) is 3.07. The van der Waals surface area contributed by atoms with Crippen LogP contribution in [0.15, 0.2) is 18.2 Å². The smallest absolute Gasteiger partial charge is 0.361 e. The van der Waals surface area contributed by atoms with Crippen molar-refractivity contribution in [1.29, 1.82) is 0 Å². The van der Waals surface area contributed by atoms with Crippen molar-refractivity contribution in [1.82, 2.24) is 0 Å². The van der Waals surface area contributed by atoms with E-state index in [2.05, 4.69) is 0 Å². The second-order valence-corrected chi connectivity index (χ2v) is 5.08. The monoisotopic (exact) mass is 295 g/mol. The predicted octanol–water partition coefficient (Wildman–Crippen LogP) is 1.60. The zero-order valence-electron chi connectivity index (χ0n) is 12.5. The van der Waals surface area contributed by atoms with E-state index in [0.717, 1.165) is 5.56 Å². The standard InChI is InChI=1S/C15H21NO5/c1-4-18-13(17)15(3,16)9-10-6-7-11-12(8-10)21-14(20-11)19-5-2/h6-8,14H,4-5,9,16H2,1-3H3. The van der Waals surface area contributed by atoms with Crippen LogP contribution in [0.3, 0.4) is 0 Å². The molecule has 0 saturated heterocycles. The molecule has 2 rings (SSSR count). The van der Waals surface area contributed by atoms with Crippen molar-refractivity contribution in [3.63, 3.8) is 0 Å². The topological polar surface area (TPSA) is 80.0 Å². The minimum Gasteiger partial charge on any atom is -0.465 e. The van der Waals surface area contributed by atoms with Crippen molar-refractivity contribution < 1.29 is 23.7 Å². The van der Waals surface area contributed by atoms with Crippen LogP contribution in [-0.4, -0.2) is 31.2 Å². The predicted molar refractivity (Wildman–Crippen MR) is 76.0 cm³/mol. The fourth-order valence-corrected chi connectivity index (χ4v) is 2.08.